The SMILES string of the molecule is CCC(CC)(CC)NS(=O)(=O)c1ccc(S(N)(=O)=O)cc1. The molecule has 0 aliphatic rings. The van der Waals surface area contributed by atoms with E-state index in [4.69, 9.17) is 5.14 Å². The molecule has 0 saturated carbocycles. The second-order valence-corrected chi connectivity index (χ2v) is 8.21. The first-order chi connectivity index (χ1) is 9.60. The van der Waals surface area contributed by atoms with Gasteiger partial charge in [-0.15, -0.1) is 0 Å². The second kappa shape index (κ2) is 6.43. The molecular formula is C13H22N2O4S2. The highest BCUT2D eigenvalue weighted by molar-refractivity contribution is 7.89. The number of benzene rings is 1. The summed E-state index contributed by atoms with van der Waals surface area (Å²) < 4.78 is 49.9. The highest BCUT2D eigenvalue weighted by Gasteiger charge is 2.30. The fraction of sp³-hybridized carbons (Fsp3) is 0.538. The van der Waals surface area contributed by atoms with E-state index in [9.17, 15) is 16.8 Å². The Kier molecular flexibility index (Phi) is 5.54. The minimum Gasteiger partial charge on any atom is -0.225 e. The Hall–Kier alpha value is -0.960. The van der Waals surface area contributed by atoms with Crippen LogP contribution in [0.3, 0.4) is 0 Å². The topological polar surface area (TPSA) is 106 Å². The normalized spacial score (nSPS) is 13.3. The number of sulfonamides is 2. The molecule has 0 aliphatic carbocycles. The third-order valence-electron chi connectivity index (χ3n) is 3.84. The molecule has 0 heterocycles. The van der Waals surface area contributed by atoms with E-state index in [-0.39, 0.29) is 9.79 Å². The minimum atomic E-state index is -3.83. The van der Waals surface area contributed by atoms with E-state index < -0.39 is 25.6 Å². The van der Waals surface area contributed by atoms with Gasteiger partial charge in [-0.05, 0) is 43.5 Å². The van der Waals surface area contributed by atoms with Gasteiger partial charge in [0, 0.05) is 5.54 Å². The molecule has 1 aromatic carbocycles. The van der Waals surface area contributed by atoms with Crippen LogP contribution in [-0.2, 0) is 20.0 Å². The van der Waals surface area contributed by atoms with E-state index >= 15 is 0 Å². The quantitative estimate of drug-likeness (QED) is 0.789. The average Bonchev–Trinajstić information content (AvgIpc) is 2.44. The van der Waals surface area contributed by atoms with Crippen molar-refractivity contribution in [3.63, 3.8) is 0 Å². The van der Waals surface area contributed by atoms with Crippen LogP contribution in [0.25, 0.3) is 0 Å². The lowest BCUT2D eigenvalue weighted by Crippen LogP contribution is -2.46. The van der Waals surface area contributed by atoms with Gasteiger partial charge in [-0.3, -0.25) is 0 Å². The first-order valence-corrected chi connectivity index (χ1v) is 9.80. The summed E-state index contributed by atoms with van der Waals surface area (Å²) in [6.07, 6.45) is 2.03. The number of nitrogens with one attached hydrogen (secondary N) is 1. The third kappa shape index (κ3) is 4.26. The summed E-state index contributed by atoms with van der Waals surface area (Å²) in [5, 5.41) is 4.99. The molecule has 1 rings (SSSR count). The van der Waals surface area contributed by atoms with Gasteiger partial charge in [0.1, 0.15) is 0 Å². The summed E-state index contributed by atoms with van der Waals surface area (Å²) in [6, 6.07) is 4.87. The minimum absolute atomic E-state index is 0.0228. The van der Waals surface area contributed by atoms with Crippen LogP contribution in [0.15, 0.2) is 34.1 Å². The van der Waals surface area contributed by atoms with Gasteiger partial charge in [-0.2, -0.15) is 0 Å². The van der Waals surface area contributed by atoms with Gasteiger partial charge in [0.25, 0.3) is 0 Å². The Morgan fingerprint density at radius 1 is 0.905 bits per heavy atom. The molecule has 0 atom stereocenters. The van der Waals surface area contributed by atoms with Crippen molar-refractivity contribution in [3.8, 4) is 0 Å². The lowest BCUT2D eigenvalue weighted by molar-refractivity contribution is 0.341. The third-order valence-corrected chi connectivity index (χ3v) is 6.37. The smallest absolute Gasteiger partial charge is 0.225 e. The van der Waals surface area contributed by atoms with Crippen LogP contribution < -0.4 is 9.86 Å². The molecule has 0 radical (unpaired) electrons. The summed E-state index contributed by atoms with van der Waals surface area (Å²) in [5.74, 6) is 0. The number of hydrogen-bond donors (Lipinski definition) is 2. The lowest BCUT2D eigenvalue weighted by atomic mass is 9.91. The van der Waals surface area contributed by atoms with Crippen LogP contribution in [-0.4, -0.2) is 22.4 Å². The molecule has 0 fully saturated rings. The Bertz CT molecular complexity index is 667. The zero-order valence-electron chi connectivity index (χ0n) is 12.5. The fourth-order valence-electron chi connectivity index (χ4n) is 2.12. The monoisotopic (exact) mass is 334 g/mol. The molecule has 0 amide bonds. The Morgan fingerprint density at radius 2 is 1.29 bits per heavy atom. The highest BCUT2D eigenvalue weighted by atomic mass is 32.2. The molecule has 21 heavy (non-hydrogen) atoms. The van der Waals surface area contributed by atoms with Crippen molar-refractivity contribution >= 4 is 20.0 Å². The molecular weight excluding hydrogens is 312 g/mol. The molecule has 0 bridgehead atoms. The fourth-order valence-corrected chi connectivity index (χ4v) is 4.25. The van der Waals surface area contributed by atoms with E-state index in [0.29, 0.717) is 19.3 Å². The summed E-state index contributed by atoms with van der Waals surface area (Å²) in [4.78, 5) is -0.0937. The highest BCUT2D eigenvalue weighted by Crippen LogP contribution is 2.23. The van der Waals surface area contributed by atoms with Gasteiger partial charge < -0.3 is 0 Å². The number of rotatable bonds is 7. The standard InChI is InChI=1S/C13H22N2O4S2/c1-4-13(5-2,6-3)15-21(18,19)12-9-7-11(8-10-12)20(14,16)17/h7-10,15H,4-6H2,1-3H3,(H2,14,16,17). The van der Waals surface area contributed by atoms with Gasteiger partial charge in [0.15, 0.2) is 0 Å². The Morgan fingerprint density at radius 3 is 1.62 bits per heavy atom. The van der Waals surface area contributed by atoms with E-state index in [1.165, 1.54) is 24.3 Å². The molecule has 120 valence electrons. The predicted octanol–water partition coefficient (Wildman–Crippen LogP) is 1.58. The zero-order chi connectivity index (χ0) is 16.3. The van der Waals surface area contributed by atoms with E-state index in [1.807, 2.05) is 20.8 Å². The van der Waals surface area contributed by atoms with Crippen molar-refractivity contribution in [3.05, 3.63) is 24.3 Å². The van der Waals surface area contributed by atoms with Gasteiger partial charge in [0.05, 0.1) is 9.79 Å². The van der Waals surface area contributed by atoms with Crippen molar-refractivity contribution < 1.29 is 16.8 Å². The molecule has 1 aromatic rings. The molecule has 0 unspecified atom stereocenters. The van der Waals surface area contributed by atoms with Crippen molar-refractivity contribution in [1.82, 2.24) is 4.72 Å². The maximum absolute atomic E-state index is 12.4. The molecule has 0 aliphatic heterocycles. The predicted molar refractivity (Wildman–Crippen MR) is 81.7 cm³/mol. The molecule has 8 heteroatoms. The summed E-state index contributed by atoms with van der Waals surface area (Å²) in [5.41, 5.74) is -0.489. The van der Waals surface area contributed by atoms with E-state index in [2.05, 4.69) is 4.72 Å². The van der Waals surface area contributed by atoms with Crippen LogP contribution in [0.2, 0.25) is 0 Å². The zero-order valence-corrected chi connectivity index (χ0v) is 14.1. The first kappa shape index (κ1) is 18.1. The summed E-state index contributed by atoms with van der Waals surface area (Å²) in [7, 11) is -7.53. The second-order valence-electron chi connectivity index (χ2n) is 4.96. The molecule has 0 saturated heterocycles. The van der Waals surface area contributed by atoms with Gasteiger partial charge in [0.2, 0.25) is 20.0 Å². The van der Waals surface area contributed by atoms with Crippen molar-refractivity contribution in [2.75, 3.05) is 0 Å². The van der Waals surface area contributed by atoms with Crippen LogP contribution in [0, 0.1) is 0 Å². The number of hydrogen-bond acceptors (Lipinski definition) is 4. The first-order valence-electron chi connectivity index (χ1n) is 6.77. The molecule has 0 aromatic heterocycles. The van der Waals surface area contributed by atoms with E-state index in [1.54, 1.807) is 0 Å². The molecule has 3 N–H and O–H groups in total. The van der Waals surface area contributed by atoms with E-state index in [0.717, 1.165) is 0 Å². The lowest BCUT2D eigenvalue weighted by Gasteiger charge is -2.31. The average molecular weight is 334 g/mol. The molecule has 0 spiro atoms. The molecule has 6 nitrogen and oxygen atoms in total. The number of primary sulfonamides is 1. The number of nitrogens with two attached hydrogens (primary N) is 1. The van der Waals surface area contributed by atoms with Gasteiger partial charge in [-0.1, -0.05) is 20.8 Å². The van der Waals surface area contributed by atoms with Crippen LogP contribution in [0.5, 0.6) is 0 Å². The van der Waals surface area contributed by atoms with Crippen LogP contribution in [0.1, 0.15) is 40.0 Å². The summed E-state index contributed by atoms with van der Waals surface area (Å²) in [6.45, 7) is 5.79. The van der Waals surface area contributed by atoms with Crippen molar-refractivity contribution in [2.45, 2.75) is 55.4 Å². The van der Waals surface area contributed by atoms with Crippen molar-refractivity contribution in [1.29, 1.82) is 0 Å². The maximum Gasteiger partial charge on any atom is 0.241 e. The maximum atomic E-state index is 12.4. The Labute approximate surface area is 126 Å². The largest absolute Gasteiger partial charge is 0.241 e. The van der Waals surface area contributed by atoms with Crippen LogP contribution >= 0.6 is 0 Å². The Balaban J connectivity index is 3.14. The van der Waals surface area contributed by atoms with Crippen molar-refractivity contribution in [2.24, 2.45) is 5.14 Å². The van der Waals surface area contributed by atoms with Crippen LogP contribution in [0.4, 0.5) is 0 Å². The summed E-state index contributed by atoms with van der Waals surface area (Å²) >= 11 is 0. The van der Waals surface area contributed by atoms with Gasteiger partial charge in [-0.25, -0.2) is 26.7 Å². The van der Waals surface area contributed by atoms with Gasteiger partial charge >= 0.3 is 0 Å².